The van der Waals surface area contributed by atoms with Crippen molar-refractivity contribution in [2.45, 2.75) is 18.5 Å². The Balaban J connectivity index is 1.27. The number of nitrogens with one attached hydrogen (secondary N) is 2. The fourth-order valence-corrected chi connectivity index (χ4v) is 3.92. The van der Waals surface area contributed by atoms with Gasteiger partial charge in [0.1, 0.15) is 5.75 Å². The molecule has 6 nitrogen and oxygen atoms in total. The summed E-state index contributed by atoms with van der Waals surface area (Å²) >= 11 is 0. The van der Waals surface area contributed by atoms with Crippen LogP contribution in [-0.2, 0) is 0 Å². The quantitative estimate of drug-likeness (QED) is 0.482. The van der Waals surface area contributed by atoms with Crippen molar-refractivity contribution in [1.29, 1.82) is 0 Å². The van der Waals surface area contributed by atoms with Crippen LogP contribution in [0.25, 0.3) is 22.1 Å². The zero-order valence-corrected chi connectivity index (χ0v) is 16.2. The van der Waals surface area contributed by atoms with Crippen molar-refractivity contribution in [1.82, 2.24) is 15.6 Å². The van der Waals surface area contributed by atoms with E-state index in [1.807, 2.05) is 60.7 Å². The molecule has 1 saturated heterocycles. The van der Waals surface area contributed by atoms with E-state index in [4.69, 9.17) is 4.42 Å². The van der Waals surface area contributed by atoms with Crippen molar-refractivity contribution in [3.8, 4) is 17.1 Å². The lowest BCUT2D eigenvalue weighted by atomic mass is 10.0. The highest BCUT2D eigenvalue weighted by Gasteiger charge is 2.30. The summed E-state index contributed by atoms with van der Waals surface area (Å²) < 4.78 is 5.93. The molecule has 5 rings (SSSR count). The summed E-state index contributed by atoms with van der Waals surface area (Å²) in [5.41, 5.74) is 1.26. The first-order chi connectivity index (χ1) is 14.7. The molecule has 30 heavy (non-hydrogen) atoms. The number of oxazole rings is 1. The number of carbonyl (C=O) groups is 1. The highest BCUT2D eigenvalue weighted by molar-refractivity contribution is 6.03. The first-order valence-corrected chi connectivity index (χ1v) is 9.95. The van der Waals surface area contributed by atoms with E-state index in [9.17, 15) is 9.90 Å². The molecule has 0 spiro atoms. The number of aromatic hydroxyl groups is 1. The van der Waals surface area contributed by atoms with Crippen LogP contribution in [0.15, 0.2) is 77.3 Å². The molecule has 2 heterocycles. The van der Waals surface area contributed by atoms with Crippen LogP contribution in [0.1, 0.15) is 28.7 Å². The fraction of sp³-hybridized carbons (Fsp3) is 0.167. The number of nitrogens with zero attached hydrogens (tertiary/aromatic N) is 1. The van der Waals surface area contributed by atoms with Gasteiger partial charge in [-0.1, -0.05) is 60.7 Å². The van der Waals surface area contributed by atoms with Crippen molar-refractivity contribution in [3.05, 3.63) is 84.4 Å². The van der Waals surface area contributed by atoms with E-state index in [2.05, 4.69) is 15.6 Å². The second kappa shape index (κ2) is 7.65. The summed E-state index contributed by atoms with van der Waals surface area (Å²) in [7, 11) is 0. The summed E-state index contributed by atoms with van der Waals surface area (Å²) in [5, 5.41) is 18.5. The zero-order chi connectivity index (χ0) is 20.5. The number of benzene rings is 3. The molecular weight excluding hydrogens is 378 g/mol. The standard InChI is InChI=1S/C24H21N3O3/c28-22-18-9-5-4-6-15(18)10-11-19(22)23(29)27-17-12-20(25-13-17)24-26-14-21(30-24)16-7-2-1-3-8-16/h1-11,14,17,20,25,28H,12-13H2,(H,27,29)/t17-,20-/m0/s1. The third kappa shape index (κ3) is 3.42. The van der Waals surface area contributed by atoms with Crippen LogP contribution in [0.5, 0.6) is 5.75 Å². The Labute approximate surface area is 173 Å². The van der Waals surface area contributed by atoms with Gasteiger partial charge in [-0.25, -0.2) is 4.98 Å². The summed E-state index contributed by atoms with van der Waals surface area (Å²) in [6.45, 7) is 0.605. The smallest absolute Gasteiger partial charge is 0.255 e. The molecule has 0 saturated carbocycles. The van der Waals surface area contributed by atoms with Crippen LogP contribution in [0, 0.1) is 0 Å². The lowest BCUT2D eigenvalue weighted by molar-refractivity contribution is 0.0937. The molecular formula is C24H21N3O3. The minimum atomic E-state index is -0.289. The SMILES string of the molecule is O=C(N[C@@H]1CN[C@H](c2ncc(-c3ccccc3)o2)C1)c1ccc2ccccc2c1O. The second-order valence-corrected chi connectivity index (χ2v) is 7.48. The van der Waals surface area contributed by atoms with Gasteiger partial charge >= 0.3 is 0 Å². The first kappa shape index (κ1) is 18.4. The third-order valence-electron chi connectivity index (χ3n) is 5.49. The number of phenolic OH excluding ortho intramolecular Hbond substituents is 1. The van der Waals surface area contributed by atoms with Gasteiger partial charge < -0.3 is 20.2 Å². The molecule has 6 heteroatoms. The number of aromatic nitrogens is 1. The van der Waals surface area contributed by atoms with Gasteiger partial charge in [-0.15, -0.1) is 0 Å². The summed E-state index contributed by atoms with van der Waals surface area (Å²) in [6.07, 6.45) is 2.39. The number of phenols is 1. The van der Waals surface area contributed by atoms with Crippen molar-refractivity contribution in [3.63, 3.8) is 0 Å². The average molecular weight is 399 g/mol. The molecule has 1 fully saturated rings. The largest absolute Gasteiger partial charge is 0.506 e. The fourth-order valence-electron chi connectivity index (χ4n) is 3.92. The topological polar surface area (TPSA) is 87.4 Å². The third-order valence-corrected chi connectivity index (χ3v) is 5.49. The molecule has 3 aromatic carbocycles. The normalized spacial score (nSPS) is 18.5. The van der Waals surface area contributed by atoms with Crippen LogP contribution < -0.4 is 10.6 Å². The number of hydrogen-bond donors (Lipinski definition) is 3. The predicted molar refractivity (Wildman–Crippen MR) is 114 cm³/mol. The van der Waals surface area contributed by atoms with Crippen molar-refractivity contribution < 1.29 is 14.3 Å². The number of amides is 1. The van der Waals surface area contributed by atoms with E-state index in [0.717, 1.165) is 16.7 Å². The minimum Gasteiger partial charge on any atom is -0.506 e. The van der Waals surface area contributed by atoms with Gasteiger partial charge in [0.25, 0.3) is 5.91 Å². The van der Waals surface area contributed by atoms with Gasteiger partial charge in [0.15, 0.2) is 5.76 Å². The number of hydrogen-bond acceptors (Lipinski definition) is 5. The molecule has 1 aliphatic heterocycles. The number of rotatable bonds is 4. The average Bonchev–Trinajstić information content (AvgIpc) is 3.44. The molecule has 1 aromatic heterocycles. The van der Waals surface area contributed by atoms with Crippen LogP contribution in [-0.4, -0.2) is 28.6 Å². The number of fused-ring (bicyclic) bond motifs is 1. The maximum atomic E-state index is 12.8. The molecule has 1 aliphatic rings. The molecule has 4 aromatic rings. The Bertz CT molecular complexity index is 1200. The van der Waals surface area contributed by atoms with Crippen LogP contribution in [0.3, 0.4) is 0 Å². The lowest BCUT2D eigenvalue weighted by Gasteiger charge is -2.13. The molecule has 0 unspecified atom stereocenters. The molecule has 150 valence electrons. The van der Waals surface area contributed by atoms with E-state index in [1.165, 1.54) is 0 Å². The Morgan fingerprint density at radius 2 is 1.87 bits per heavy atom. The van der Waals surface area contributed by atoms with Gasteiger partial charge in [-0.05, 0) is 17.9 Å². The summed E-state index contributed by atoms with van der Waals surface area (Å²) in [5.74, 6) is 1.05. The molecule has 1 amide bonds. The van der Waals surface area contributed by atoms with Crippen molar-refractivity contribution in [2.24, 2.45) is 0 Å². The molecule has 0 radical (unpaired) electrons. The number of carbonyl (C=O) groups excluding carboxylic acids is 1. The Hall–Kier alpha value is -3.64. The van der Waals surface area contributed by atoms with Gasteiger partial charge in [-0.2, -0.15) is 0 Å². The lowest BCUT2D eigenvalue weighted by Crippen LogP contribution is -2.36. The van der Waals surface area contributed by atoms with Crippen LogP contribution in [0.4, 0.5) is 0 Å². The van der Waals surface area contributed by atoms with E-state index in [-0.39, 0.29) is 29.3 Å². The van der Waals surface area contributed by atoms with Gasteiger partial charge in [0.2, 0.25) is 5.89 Å². The van der Waals surface area contributed by atoms with Crippen molar-refractivity contribution in [2.75, 3.05) is 6.54 Å². The molecule has 0 bridgehead atoms. The van der Waals surface area contributed by atoms with E-state index in [1.54, 1.807) is 12.3 Å². The highest BCUT2D eigenvalue weighted by atomic mass is 16.4. The first-order valence-electron chi connectivity index (χ1n) is 9.95. The zero-order valence-electron chi connectivity index (χ0n) is 16.2. The maximum Gasteiger partial charge on any atom is 0.255 e. The summed E-state index contributed by atoms with van der Waals surface area (Å²) in [6, 6.07) is 20.6. The Kier molecular flexibility index (Phi) is 4.69. The maximum absolute atomic E-state index is 12.8. The molecule has 0 aliphatic carbocycles. The van der Waals surface area contributed by atoms with Crippen molar-refractivity contribution >= 4 is 16.7 Å². The Morgan fingerprint density at radius 3 is 2.73 bits per heavy atom. The highest BCUT2D eigenvalue weighted by Crippen LogP contribution is 2.30. The van der Waals surface area contributed by atoms with E-state index in [0.29, 0.717) is 24.2 Å². The van der Waals surface area contributed by atoms with E-state index < -0.39 is 0 Å². The monoisotopic (exact) mass is 399 g/mol. The molecule has 2 atom stereocenters. The van der Waals surface area contributed by atoms with Crippen LogP contribution >= 0.6 is 0 Å². The van der Waals surface area contributed by atoms with E-state index >= 15 is 0 Å². The predicted octanol–water partition coefficient (Wildman–Crippen LogP) is 4.03. The van der Waals surface area contributed by atoms with Gasteiger partial charge in [-0.3, -0.25) is 4.79 Å². The minimum absolute atomic E-state index is 0.00769. The van der Waals surface area contributed by atoms with Crippen LogP contribution in [0.2, 0.25) is 0 Å². The van der Waals surface area contributed by atoms with Gasteiger partial charge in [0.05, 0.1) is 17.8 Å². The Morgan fingerprint density at radius 1 is 1.07 bits per heavy atom. The second-order valence-electron chi connectivity index (χ2n) is 7.48. The summed E-state index contributed by atoms with van der Waals surface area (Å²) in [4.78, 5) is 17.2. The molecule has 3 N–H and O–H groups in total. The van der Waals surface area contributed by atoms with Gasteiger partial charge in [0, 0.05) is 23.5 Å².